The number of rotatable bonds is 5. The van der Waals surface area contributed by atoms with Crippen LogP contribution in [0.4, 0.5) is 0 Å². The second kappa shape index (κ2) is 4.88. The van der Waals surface area contributed by atoms with E-state index in [2.05, 4.69) is 25.1 Å². The van der Waals surface area contributed by atoms with Crippen LogP contribution in [0.15, 0.2) is 17.3 Å². The smallest absolute Gasteiger partial charge is 0.244 e. The fraction of sp³-hybridized carbons (Fsp3) is 0.333. The minimum Gasteiger partial charge on any atom is -0.390 e. The third-order valence-corrected chi connectivity index (χ3v) is 4.00. The summed E-state index contributed by atoms with van der Waals surface area (Å²) in [4.78, 5) is -0.00602. The fourth-order valence-corrected chi connectivity index (χ4v) is 2.93. The predicted molar refractivity (Wildman–Crippen MR) is 61.9 cm³/mol. The molecule has 2 heterocycles. The van der Waals surface area contributed by atoms with Crippen LogP contribution in [0.25, 0.3) is 0 Å². The molecule has 0 spiro atoms. The number of sulfonamides is 1. The van der Waals surface area contributed by atoms with Crippen molar-refractivity contribution in [1.29, 1.82) is 0 Å². The van der Waals surface area contributed by atoms with Gasteiger partial charge in [-0.1, -0.05) is 0 Å². The van der Waals surface area contributed by atoms with Crippen LogP contribution in [-0.4, -0.2) is 33.9 Å². The number of nitrogens with zero attached hydrogens (tertiary/aromatic N) is 2. The van der Waals surface area contributed by atoms with Gasteiger partial charge in [-0.05, 0) is 6.92 Å². The monoisotopic (exact) mass is 271 g/mol. The van der Waals surface area contributed by atoms with Crippen molar-refractivity contribution in [2.75, 3.05) is 0 Å². The molecule has 98 valence electrons. The Morgan fingerprint density at radius 2 is 2.28 bits per heavy atom. The highest BCUT2D eigenvalue weighted by molar-refractivity contribution is 7.89. The zero-order valence-electron chi connectivity index (χ0n) is 9.64. The van der Waals surface area contributed by atoms with Gasteiger partial charge in [-0.25, -0.2) is 13.1 Å². The Morgan fingerprint density at radius 1 is 1.50 bits per heavy atom. The Morgan fingerprint density at radius 3 is 2.89 bits per heavy atom. The van der Waals surface area contributed by atoms with Crippen LogP contribution in [0.2, 0.25) is 0 Å². The first kappa shape index (κ1) is 12.7. The van der Waals surface area contributed by atoms with Crippen molar-refractivity contribution in [3.8, 4) is 0 Å². The second-order valence-electron chi connectivity index (χ2n) is 3.71. The van der Waals surface area contributed by atoms with Gasteiger partial charge in [0.15, 0.2) is 0 Å². The Kier molecular flexibility index (Phi) is 3.45. The summed E-state index contributed by atoms with van der Waals surface area (Å²) in [5, 5.41) is 21.6. The van der Waals surface area contributed by atoms with Gasteiger partial charge in [-0.2, -0.15) is 10.2 Å². The van der Waals surface area contributed by atoms with Crippen molar-refractivity contribution in [3.05, 3.63) is 29.3 Å². The summed E-state index contributed by atoms with van der Waals surface area (Å²) in [6.45, 7) is 1.26. The maximum atomic E-state index is 12.1. The Hall–Kier alpha value is -1.71. The number of hydrogen-bond acceptors (Lipinski definition) is 5. The maximum Gasteiger partial charge on any atom is 0.244 e. The van der Waals surface area contributed by atoms with Crippen molar-refractivity contribution in [2.45, 2.75) is 25.0 Å². The number of H-pyrrole nitrogens is 2. The summed E-state index contributed by atoms with van der Waals surface area (Å²) in [6, 6.07) is 0. The first-order valence-corrected chi connectivity index (χ1v) is 6.65. The van der Waals surface area contributed by atoms with E-state index in [1.54, 1.807) is 13.1 Å². The van der Waals surface area contributed by atoms with Crippen molar-refractivity contribution in [1.82, 2.24) is 25.1 Å². The molecular weight excluding hydrogens is 258 g/mol. The van der Waals surface area contributed by atoms with E-state index >= 15 is 0 Å². The first-order valence-electron chi connectivity index (χ1n) is 5.16. The standard InChI is InChI=1S/C9H13N5O3S/c1-6-9(8(5-15)14-13-6)18(16,17)12-4-7-2-10-11-3-7/h2-3,12,15H,4-5H2,1H3,(H,10,11)(H,13,14). The lowest BCUT2D eigenvalue weighted by molar-refractivity contribution is 0.273. The molecule has 0 aliphatic carbocycles. The van der Waals surface area contributed by atoms with Crippen LogP contribution in [0.1, 0.15) is 17.0 Å². The molecule has 2 aromatic heterocycles. The van der Waals surface area contributed by atoms with Gasteiger partial charge in [-0.15, -0.1) is 0 Å². The Balaban J connectivity index is 2.22. The lowest BCUT2D eigenvalue weighted by atomic mass is 10.4. The molecule has 0 unspecified atom stereocenters. The third-order valence-electron chi connectivity index (χ3n) is 2.40. The fourth-order valence-electron chi connectivity index (χ4n) is 1.56. The van der Waals surface area contributed by atoms with E-state index in [0.29, 0.717) is 11.3 Å². The summed E-state index contributed by atoms with van der Waals surface area (Å²) >= 11 is 0. The highest BCUT2D eigenvalue weighted by atomic mass is 32.2. The largest absolute Gasteiger partial charge is 0.390 e. The zero-order valence-corrected chi connectivity index (χ0v) is 10.5. The molecule has 0 aromatic carbocycles. The minimum absolute atomic E-state index is 0.00602. The Labute approximate surface area is 103 Å². The van der Waals surface area contributed by atoms with Gasteiger partial charge < -0.3 is 5.11 Å². The van der Waals surface area contributed by atoms with Crippen molar-refractivity contribution < 1.29 is 13.5 Å². The molecule has 0 radical (unpaired) electrons. The highest BCUT2D eigenvalue weighted by Crippen LogP contribution is 2.17. The number of hydrogen-bond donors (Lipinski definition) is 4. The minimum atomic E-state index is -3.71. The average molecular weight is 271 g/mol. The van der Waals surface area contributed by atoms with E-state index < -0.39 is 16.6 Å². The van der Waals surface area contributed by atoms with E-state index in [9.17, 15) is 8.42 Å². The predicted octanol–water partition coefficient (Wildman–Crippen LogP) is -0.588. The van der Waals surface area contributed by atoms with Crippen molar-refractivity contribution >= 4 is 10.0 Å². The molecular formula is C9H13N5O3S. The zero-order chi connectivity index (χ0) is 13.2. The summed E-state index contributed by atoms with van der Waals surface area (Å²) in [5.74, 6) is 0. The average Bonchev–Trinajstić information content (AvgIpc) is 2.95. The summed E-state index contributed by atoms with van der Waals surface area (Å²) in [6.07, 6.45) is 3.12. The lowest BCUT2D eigenvalue weighted by Crippen LogP contribution is -2.24. The normalized spacial score (nSPS) is 11.9. The molecule has 0 aliphatic heterocycles. The van der Waals surface area contributed by atoms with Gasteiger partial charge in [0.25, 0.3) is 0 Å². The topological polar surface area (TPSA) is 124 Å². The van der Waals surface area contributed by atoms with Crippen LogP contribution in [0.5, 0.6) is 0 Å². The number of aromatic amines is 2. The quantitative estimate of drug-likeness (QED) is 0.579. The van der Waals surface area contributed by atoms with E-state index in [1.807, 2.05) is 0 Å². The van der Waals surface area contributed by atoms with E-state index in [1.165, 1.54) is 6.20 Å². The van der Waals surface area contributed by atoms with Gasteiger partial charge in [0, 0.05) is 18.3 Å². The lowest BCUT2D eigenvalue weighted by Gasteiger charge is -2.05. The maximum absolute atomic E-state index is 12.1. The molecule has 4 N–H and O–H groups in total. The molecule has 9 heteroatoms. The molecule has 0 saturated carbocycles. The van der Waals surface area contributed by atoms with Gasteiger partial charge in [0.1, 0.15) is 10.6 Å². The Bertz CT molecular complexity index is 617. The molecule has 0 bridgehead atoms. The van der Waals surface area contributed by atoms with E-state index in [0.717, 1.165) is 0 Å². The van der Waals surface area contributed by atoms with Gasteiger partial charge in [0.2, 0.25) is 10.0 Å². The first-order chi connectivity index (χ1) is 8.54. The number of aliphatic hydroxyl groups is 1. The summed E-state index contributed by atoms with van der Waals surface area (Å²) in [7, 11) is -3.71. The summed E-state index contributed by atoms with van der Waals surface area (Å²) < 4.78 is 26.6. The molecule has 18 heavy (non-hydrogen) atoms. The van der Waals surface area contributed by atoms with Gasteiger partial charge >= 0.3 is 0 Å². The van der Waals surface area contributed by atoms with Crippen LogP contribution in [0, 0.1) is 6.92 Å². The molecule has 2 aromatic rings. The molecule has 0 atom stereocenters. The highest BCUT2D eigenvalue weighted by Gasteiger charge is 2.23. The number of aromatic nitrogens is 4. The van der Waals surface area contributed by atoms with E-state index in [-0.39, 0.29) is 17.1 Å². The molecule has 2 rings (SSSR count). The number of nitrogens with one attached hydrogen (secondary N) is 3. The molecule has 0 fully saturated rings. The molecule has 0 saturated heterocycles. The van der Waals surface area contributed by atoms with Gasteiger partial charge in [0.05, 0.1) is 18.5 Å². The third kappa shape index (κ3) is 2.42. The van der Waals surface area contributed by atoms with Crippen LogP contribution < -0.4 is 4.72 Å². The molecule has 0 amide bonds. The van der Waals surface area contributed by atoms with Gasteiger partial charge in [-0.3, -0.25) is 10.2 Å². The number of aryl methyl sites for hydroxylation is 1. The second-order valence-corrected chi connectivity index (χ2v) is 5.42. The van der Waals surface area contributed by atoms with Crippen molar-refractivity contribution in [3.63, 3.8) is 0 Å². The van der Waals surface area contributed by atoms with Crippen LogP contribution in [0.3, 0.4) is 0 Å². The van der Waals surface area contributed by atoms with Crippen LogP contribution in [-0.2, 0) is 23.2 Å². The van der Waals surface area contributed by atoms with E-state index in [4.69, 9.17) is 5.11 Å². The molecule has 0 aliphatic rings. The summed E-state index contributed by atoms with van der Waals surface area (Å²) in [5.41, 5.74) is 1.20. The van der Waals surface area contributed by atoms with Crippen molar-refractivity contribution in [2.24, 2.45) is 0 Å². The number of aliphatic hydroxyl groups excluding tert-OH is 1. The van der Waals surface area contributed by atoms with Crippen LogP contribution >= 0.6 is 0 Å². The molecule has 8 nitrogen and oxygen atoms in total. The SMILES string of the molecule is Cc1[nH]nc(CO)c1S(=O)(=O)NCc1cn[nH]c1.